The van der Waals surface area contributed by atoms with Crippen LogP contribution in [0.1, 0.15) is 60.6 Å². The lowest BCUT2D eigenvalue weighted by atomic mass is 9.73. The van der Waals surface area contributed by atoms with E-state index in [-0.39, 0.29) is 50.0 Å². The highest BCUT2D eigenvalue weighted by molar-refractivity contribution is 5.88. The lowest BCUT2D eigenvalue weighted by Crippen LogP contribution is -2.53. The minimum absolute atomic E-state index is 0.00119. The predicted molar refractivity (Wildman–Crippen MR) is 155 cm³/mol. The van der Waals surface area contributed by atoms with E-state index >= 15 is 4.39 Å². The Bertz CT molecular complexity index is 1450. The second-order valence-electron chi connectivity index (χ2n) is 13.3. The van der Waals surface area contributed by atoms with Crippen LogP contribution >= 0.6 is 0 Å². The third kappa shape index (κ3) is 4.73. The molecule has 2 unspecified atom stereocenters. The van der Waals surface area contributed by atoms with Gasteiger partial charge in [-0.2, -0.15) is 13.2 Å². The molecule has 11 heteroatoms. The first-order chi connectivity index (χ1) is 21.0. The second-order valence-corrected chi connectivity index (χ2v) is 13.3. The molecule has 0 aromatic heterocycles. The summed E-state index contributed by atoms with van der Waals surface area (Å²) in [6.07, 6.45) is -0.875. The topological polar surface area (TPSA) is 73.3 Å². The zero-order chi connectivity index (χ0) is 31.0. The van der Waals surface area contributed by atoms with E-state index in [4.69, 9.17) is 4.74 Å². The number of aliphatic carboxylic acids is 1. The van der Waals surface area contributed by atoms with Crippen molar-refractivity contribution in [1.29, 1.82) is 0 Å². The smallest absolute Gasteiger partial charge is 0.416 e. The Morgan fingerprint density at radius 3 is 2.41 bits per heavy atom. The van der Waals surface area contributed by atoms with E-state index in [1.54, 1.807) is 24.1 Å². The molecule has 1 amide bonds. The van der Waals surface area contributed by atoms with E-state index in [2.05, 4.69) is 4.90 Å². The molecule has 1 saturated carbocycles. The molecule has 2 aromatic rings. The van der Waals surface area contributed by atoms with Gasteiger partial charge in [0.1, 0.15) is 5.75 Å². The molecule has 44 heavy (non-hydrogen) atoms. The third-order valence-electron chi connectivity index (χ3n) is 11.1. The molecule has 7 rings (SSSR count). The zero-order valence-electron chi connectivity index (χ0n) is 24.6. The number of alkyl halides is 4. The van der Waals surface area contributed by atoms with Gasteiger partial charge in [0.15, 0.2) is 0 Å². The van der Waals surface area contributed by atoms with E-state index < -0.39 is 41.1 Å². The van der Waals surface area contributed by atoms with Crippen molar-refractivity contribution in [1.82, 2.24) is 9.80 Å². The minimum atomic E-state index is -4.52. The molecule has 3 saturated heterocycles. The number of carbonyl (C=O) groups excluding carboxylic acids is 1. The van der Waals surface area contributed by atoms with Crippen molar-refractivity contribution < 1.29 is 37.0 Å². The number of hydrogen-bond donors (Lipinski definition) is 1. The number of carboxylic acid groups (broad SMARTS) is 1. The number of rotatable bonds is 5. The van der Waals surface area contributed by atoms with Crippen molar-refractivity contribution in [2.75, 3.05) is 44.7 Å². The van der Waals surface area contributed by atoms with Crippen LogP contribution in [0.2, 0.25) is 0 Å². The summed E-state index contributed by atoms with van der Waals surface area (Å²) in [6.45, 7) is 1.17. The Labute approximate surface area is 253 Å². The van der Waals surface area contributed by atoms with Gasteiger partial charge < -0.3 is 19.6 Å². The van der Waals surface area contributed by atoms with E-state index in [1.807, 2.05) is 17.0 Å². The normalized spacial score (nSPS) is 32.1. The van der Waals surface area contributed by atoms with Gasteiger partial charge in [-0.05, 0) is 61.1 Å². The van der Waals surface area contributed by atoms with Crippen LogP contribution in [-0.2, 0) is 15.8 Å². The molecule has 1 N–H and O–H groups in total. The summed E-state index contributed by atoms with van der Waals surface area (Å²) < 4.78 is 63.9. The van der Waals surface area contributed by atoms with Crippen molar-refractivity contribution in [3.63, 3.8) is 0 Å². The third-order valence-corrected chi connectivity index (χ3v) is 11.1. The molecule has 0 radical (unpaired) electrons. The fourth-order valence-corrected chi connectivity index (χ4v) is 8.49. The van der Waals surface area contributed by atoms with E-state index in [1.165, 1.54) is 6.07 Å². The van der Waals surface area contributed by atoms with Crippen molar-refractivity contribution in [3.8, 4) is 5.75 Å². The van der Waals surface area contributed by atoms with E-state index in [0.717, 1.165) is 37.0 Å². The molecule has 0 bridgehead atoms. The number of ether oxygens (including phenoxy) is 1. The molecule has 6 atom stereocenters. The summed E-state index contributed by atoms with van der Waals surface area (Å²) >= 11 is 0. The number of carboxylic acids is 1. The van der Waals surface area contributed by atoms with E-state index in [9.17, 15) is 27.9 Å². The minimum Gasteiger partial charge on any atom is -0.497 e. The number of fused-ring (bicyclic) bond motifs is 6. The quantitative estimate of drug-likeness (QED) is 0.461. The highest BCUT2D eigenvalue weighted by atomic mass is 19.4. The number of amides is 1. The Balaban J connectivity index is 1.22. The van der Waals surface area contributed by atoms with Gasteiger partial charge in [-0.15, -0.1) is 0 Å². The number of carbonyl (C=O) groups is 2. The summed E-state index contributed by atoms with van der Waals surface area (Å²) in [7, 11) is 1.56. The number of piperidine rings is 1. The lowest BCUT2D eigenvalue weighted by Gasteiger charge is -2.49. The van der Waals surface area contributed by atoms with Crippen molar-refractivity contribution in [2.24, 2.45) is 11.8 Å². The van der Waals surface area contributed by atoms with Gasteiger partial charge >= 0.3 is 12.1 Å². The van der Waals surface area contributed by atoms with Crippen LogP contribution in [0.25, 0.3) is 0 Å². The predicted octanol–water partition coefficient (Wildman–Crippen LogP) is 5.30. The van der Waals surface area contributed by atoms with Crippen LogP contribution in [0.5, 0.6) is 5.75 Å². The molecule has 4 aliphatic heterocycles. The standard InChI is InChI=1S/C33H37F4N3O4/c1-44-23-8-5-19(6-9-23)27-17-39(22-3-2-4-22)18-32(27,34)31(43)38-15-25-24-10-7-21(33(35,36)37)14-29(24)40-12-11-20(30(41)42)13-28(40)26(25)16-38/h5-10,14,20,22,25-28H,2-4,11-13,15-18H2,1H3,(H,41,42)/t20?,25-,26+,27+,28?,32+/m1/s1. The highest BCUT2D eigenvalue weighted by Crippen LogP contribution is 2.52. The van der Waals surface area contributed by atoms with Gasteiger partial charge in [0.2, 0.25) is 5.67 Å². The molecule has 5 aliphatic rings. The van der Waals surface area contributed by atoms with Crippen molar-refractivity contribution >= 4 is 17.6 Å². The van der Waals surface area contributed by atoms with Gasteiger partial charge in [-0.1, -0.05) is 24.6 Å². The number of hydrogen-bond acceptors (Lipinski definition) is 5. The first kappa shape index (κ1) is 29.4. The van der Waals surface area contributed by atoms with Crippen LogP contribution in [0.3, 0.4) is 0 Å². The molecule has 236 valence electrons. The van der Waals surface area contributed by atoms with Crippen molar-refractivity contribution in [3.05, 3.63) is 59.2 Å². The Kier molecular flexibility index (Phi) is 7.10. The zero-order valence-corrected chi connectivity index (χ0v) is 24.6. The fourth-order valence-electron chi connectivity index (χ4n) is 8.49. The molecule has 0 spiro atoms. The van der Waals surface area contributed by atoms with Crippen LogP contribution in [0.4, 0.5) is 23.2 Å². The summed E-state index contributed by atoms with van der Waals surface area (Å²) in [4.78, 5) is 31.9. The largest absolute Gasteiger partial charge is 0.497 e. The van der Waals surface area contributed by atoms with Gasteiger partial charge in [-0.25, -0.2) is 4.39 Å². The maximum atomic E-state index is 17.4. The number of likely N-dealkylation sites (tertiary alicyclic amines) is 2. The van der Waals surface area contributed by atoms with Crippen LogP contribution in [0.15, 0.2) is 42.5 Å². The van der Waals surface area contributed by atoms with Gasteiger partial charge in [0.05, 0.1) is 18.6 Å². The van der Waals surface area contributed by atoms with E-state index in [0.29, 0.717) is 36.5 Å². The Morgan fingerprint density at radius 1 is 1.02 bits per heavy atom. The highest BCUT2D eigenvalue weighted by Gasteiger charge is 2.59. The monoisotopic (exact) mass is 615 g/mol. The Hall–Kier alpha value is -3.34. The van der Waals surface area contributed by atoms with Crippen LogP contribution in [-0.4, -0.2) is 84.4 Å². The molecule has 1 aliphatic carbocycles. The molecule has 4 fully saturated rings. The number of benzene rings is 2. The Morgan fingerprint density at radius 2 is 1.77 bits per heavy atom. The summed E-state index contributed by atoms with van der Waals surface area (Å²) in [5.41, 5.74) is -1.03. The number of halogens is 4. The summed E-state index contributed by atoms with van der Waals surface area (Å²) in [5, 5.41) is 9.80. The maximum absolute atomic E-state index is 17.4. The average Bonchev–Trinajstić information content (AvgIpc) is 3.58. The van der Waals surface area contributed by atoms with Crippen molar-refractivity contribution in [2.45, 2.75) is 67.9 Å². The molecular weight excluding hydrogens is 578 g/mol. The second kappa shape index (κ2) is 10.6. The van der Waals surface area contributed by atoms with Gasteiger partial charge in [-0.3, -0.25) is 14.5 Å². The van der Waals surface area contributed by atoms with Gasteiger partial charge in [0.25, 0.3) is 5.91 Å². The maximum Gasteiger partial charge on any atom is 0.416 e. The molecule has 2 aromatic carbocycles. The molecular formula is C33H37F4N3O4. The van der Waals surface area contributed by atoms with Crippen LogP contribution < -0.4 is 9.64 Å². The van der Waals surface area contributed by atoms with Crippen LogP contribution in [0, 0.1) is 11.8 Å². The van der Waals surface area contributed by atoms with Gasteiger partial charge in [0, 0.05) is 68.2 Å². The average molecular weight is 616 g/mol. The number of nitrogens with zero attached hydrogens (tertiary/aromatic N) is 3. The summed E-state index contributed by atoms with van der Waals surface area (Å²) in [5.74, 6) is -2.67. The number of anilines is 1. The first-order valence-corrected chi connectivity index (χ1v) is 15.5. The number of methoxy groups -OCH3 is 1. The molecule has 4 heterocycles. The molecule has 7 nitrogen and oxygen atoms in total. The summed E-state index contributed by atoms with van der Waals surface area (Å²) in [6, 6.07) is 10.8. The first-order valence-electron chi connectivity index (χ1n) is 15.5. The lowest BCUT2D eigenvalue weighted by molar-refractivity contribution is -0.144. The fraction of sp³-hybridized carbons (Fsp3) is 0.576. The SMILES string of the molecule is COc1ccc([C@@H]2CN(C3CCC3)C[C@@]2(F)C(=O)N2C[C@@H]3c4ccc(C(F)(F)F)cc4N4CCC(C(=O)O)CC4[C@H]3C2)cc1.